The first-order valence-electron chi connectivity index (χ1n) is 10.4. The Balaban J connectivity index is 1.31. The predicted molar refractivity (Wildman–Crippen MR) is 118 cm³/mol. The van der Waals surface area contributed by atoms with Crippen LogP contribution in [0.5, 0.6) is 0 Å². The molecule has 2 saturated heterocycles. The SMILES string of the molecule is Cc1nc(N2CC(C)(C)C2)ccc1Nc1ccc(CNC(=O)C2CNC(=O)C2)cc1. The third kappa shape index (κ3) is 4.56. The van der Waals surface area contributed by atoms with Gasteiger partial charge in [0.25, 0.3) is 0 Å². The van der Waals surface area contributed by atoms with Crippen molar-refractivity contribution in [3.05, 3.63) is 47.7 Å². The first-order valence-corrected chi connectivity index (χ1v) is 10.4. The molecule has 0 bridgehead atoms. The van der Waals surface area contributed by atoms with Crippen LogP contribution in [0.25, 0.3) is 0 Å². The van der Waals surface area contributed by atoms with Gasteiger partial charge in [0.1, 0.15) is 5.82 Å². The summed E-state index contributed by atoms with van der Waals surface area (Å²) in [5.74, 6) is 0.627. The van der Waals surface area contributed by atoms with Crippen molar-refractivity contribution in [3.8, 4) is 0 Å². The Kier molecular flexibility index (Phi) is 5.37. The first-order chi connectivity index (χ1) is 14.3. The first kappa shape index (κ1) is 20.2. The van der Waals surface area contributed by atoms with Gasteiger partial charge in [-0.1, -0.05) is 26.0 Å². The van der Waals surface area contributed by atoms with Crippen molar-refractivity contribution in [3.63, 3.8) is 0 Å². The number of amides is 2. The molecule has 0 saturated carbocycles. The number of nitrogens with one attached hydrogen (secondary N) is 3. The van der Waals surface area contributed by atoms with Gasteiger partial charge in [0.2, 0.25) is 11.8 Å². The maximum atomic E-state index is 12.1. The Morgan fingerprint density at radius 2 is 1.93 bits per heavy atom. The lowest BCUT2D eigenvalue weighted by Crippen LogP contribution is -2.53. The highest BCUT2D eigenvalue weighted by molar-refractivity contribution is 5.89. The Morgan fingerprint density at radius 1 is 1.20 bits per heavy atom. The van der Waals surface area contributed by atoms with Gasteiger partial charge >= 0.3 is 0 Å². The van der Waals surface area contributed by atoms with Gasteiger partial charge in [0, 0.05) is 38.3 Å². The molecule has 1 atom stereocenters. The van der Waals surface area contributed by atoms with Crippen LogP contribution < -0.4 is 20.9 Å². The fraction of sp³-hybridized carbons (Fsp3) is 0.435. The van der Waals surface area contributed by atoms with Crippen LogP contribution in [0.2, 0.25) is 0 Å². The molecule has 2 aromatic rings. The molecule has 0 radical (unpaired) electrons. The second kappa shape index (κ2) is 7.97. The molecule has 7 heteroatoms. The molecule has 0 spiro atoms. The molecule has 3 heterocycles. The van der Waals surface area contributed by atoms with E-state index in [-0.39, 0.29) is 24.2 Å². The third-order valence-corrected chi connectivity index (χ3v) is 5.68. The van der Waals surface area contributed by atoms with E-state index in [4.69, 9.17) is 4.98 Å². The van der Waals surface area contributed by atoms with Crippen molar-refractivity contribution in [2.24, 2.45) is 11.3 Å². The minimum absolute atomic E-state index is 0.0582. The number of benzene rings is 1. The number of carbonyl (C=O) groups excluding carboxylic acids is 2. The van der Waals surface area contributed by atoms with Gasteiger partial charge in [0.05, 0.1) is 17.3 Å². The van der Waals surface area contributed by atoms with Crippen LogP contribution in [0.1, 0.15) is 31.5 Å². The number of anilines is 3. The molecule has 1 unspecified atom stereocenters. The van der Waals surface area contributed by atoms with Crippen LogP contribution in [0.3, 0.4) is 0 Å². The minimum Gasteiger partial charge on any atom is -0.355 e. The lowest BCUT2D eigenvalue weighted by Gasteiger charge is -2.46. The van der Waals surface area contributed by atoms with Gasteiger partial charge in [-0.3, -0.25) is 9.59 Å². The molecular weight excluding hydrogens is 378 g/mol. The average Bonchev–Trinajstić information content (AvgIpc) is 3.13. The van der Waals surface area contributed by atoms with Crippen molar-refractivity contribution >= 4 is 29.0 Å². The molecule has 2 fully saturated rings. The van der Waals surface area contributed by atoms with Gasteiger partial charge < -0.3 is 20.9 Å². The van der Waals surface area contributed by atoms with Crippen molar-refractivity contribution in [1.29, 1.82) is 0 Å². The van der Waals surface area contributed by atoms with Crippen molar-refractivity contribution in [1.82, 2.24) is 15.6 Å². The highest BCUT2D eigenvalue weighted by atomic mass is 16.2. The monoisotopic (exact) mass is 407 g/mol. The number of pyridine rings is 1. The Bertz CT molecular complexity index is 947. The maximum absolute atomic E-state index is 12.1. The summed E-state index contributed by atoms with van der Waals surface area (Å²) < 4.78 is 0. The lowest BCUT2D eigenvalue weighted by atomic mass is 9.84. The van der Waals surface area contributed by atoms with E-state index in [1.807, 2.05) is 31.2 Å². The van der Waals surface area contributed by atoms with Crippen LogP contribution in [0.4, 0.5) is 17.2 Å². The van der Waals surface area contributed by atoms with Gasteiger partial charge in [-0.05, 0) is 42.2 Å². The lowest BCUT2D eigenvalue weighted by molar-refractivity contribution is -0.126. The summed E-state index contributed by atoms with van der Waals surface area (Å²) in [7, 11) is 0. The molecule has 1 aromatic carbocycles. The van der Waals surface area contributed by atoms with Crippen molar-refractivity contribution < 1.29 is 9.59 Å². The average molecular weight is 408 g/mol. The van der Waals surface area contributed by atoms with Crippen molar-refractivity contribution in [2.75, 3.05) is 29.9 Å². The summed E-state index contributed by atoms with van der Waals surface area (Å²) in [5, 5.41) is 9.01. The fourth-order valence-electron chi connectivity index (χ4n) is 3.99. The molecule has 2 aliphatic heterocycles. The highest BCUT2D eigenvalue weighted by Gasteiger charge is 2.34. The summed E-state index contributed by atoms with van der Waals surface area (Å²) in [4.78, 5) is 30.4. The number of aromatic nitrogens is 1. The van der Waals surface area contributed by atoms with Gasteiger partial charge in [-0.25, -0.2) is 4.98 Å². The number of rotatable bonds is 6. The van der Waals surface area contributed by atoms with E-state index in [1.165, 1.54) is 0 Å². The van der Waals surface area contributed by atoms with Gasteiger partial charge in [-0.15, -0.1) is 0 Å². The zero-order valence-corrected chi connectivity index (χ0v) is 17.8. The molecule has 4 rings (SSSR count). The normalized spacial score (nSPS) is 19.8. The molecule has 7 nitrogen and oxygen atoms in total. The largest absolute Gasteiger partial charge is 0.355 e. The van der Waals surface area contributed by atoms with Crippen LogP contribution in [-0.2, 0) is 16.1 Å². The molecule has 2 amide bonds. The molecule has 3 N–H and O–H groups in total. The third-order valence-electron chi connectivity index (χ3n) is 5.68. The summed E-state index contributed by atoms with van der Waals surface area (Å²) in [5.41, 5.74) is 4.31. The smallest absolute Gasteiger partial charge is 0.225 e. The van der Waals surface area contributed by atoms with Crippen molar-refractivity contribution in [2.45, 2.75) is 33.7 Å². The van der Waals surface area contributed by atoms with E-state index in [2.05, 4.69) is 46.8 Å². The number of carbonyl (C=O) groups is 2. The second-order valence-electron chi connectivity index (χ2n) is 9.07. The molecule has 2 aliphatic rings. The van der Waals surface area contributed by atoms with E-state index in [0.717, 1.165) is 41.5 Å². The molecule has 30 heavy (non-hydrogen) atoms. The molecule has 1 aromatic heterocycles. The number of nitrogens with zero attached hydrogens (tertiary/aromatic N) is 2. The van der Waals surface area contributed by atoms with Gasteiger partial charge in [0.15, 0.2) is 0 Å². The summed E-state index contributed by atoms with van der Waals surface area (Å²) in [6.45, 7) is 9.52. The number of aryl methyl sites for hydroxylation is 1. The van der Waals surface area contributed by atoms with Crippen LogP contribution in [-0.4, -0.2) is 36.4 Å². The second-order valence-corrected chi connectivity index (χ2v) is 9.07. The van der Waals surface area contributed by atoms with E-state index in [1.54, 1.807) is 0 Å². The Hall–Kier alpha value is -3.09. The van der Waals surface area contributed by atoms with E-state index in [0.29, 0.717) is 18.5 Å². The Morgan fingerprint density at radius 3 is 2.53 bits per heavy atom. The molecular formula is C23H29N5O2. The molecule has 158 valence electrons. The number of hydrogen-bond donors (Lipinski definition) is 3. The zero-order valence-electron chi connectivity index (χ0n) is 17.8. The maximum Gasteiger partial charge on any atom is 0.225 e. The zero-order chi connectivity index (χ0) is 21.3. The quantitative estimate of drug-likeness (QED) is 0.686. The van der Waals surface area contributed by atoms with Crippen LogP contribution in [0.15, 0.2) is 36.4 Å². The van der Waals surface area contributed by atoms with E-state index in [9.17, 15) is 9.59 Å². The predicted octanol–water partition coefficient (Wildman–Crippen LogP) is 2.73. The van der Waals surface area contributed by atoms with Gasteiger partial charge in [-0.2, -0.15) is 0 Å². The Labute approximate surface area is 177 Å². The molecule has 0 aliphatic carbocycles. The van der Waals surface area contributed by atoms with E-state index >= 15 is 0 Å². The summed E-state index contributed by atoms with van der Waals surface area (Å²) >= 11 is 0. The topological polar surface area (TPSA) is 86.4 Å². The summed E-state index contributed by atoms with van der Waals surface area (Å²) in [6.07, 6.45) is 0.274. The highest BCUT2D eigenvalue weighted by Crippen LogP contribution is 2.33. The van der Waals surface area contributed by atoms with E-state index < -0.39 is 0 Å². The minimum atomic E-state index is -0.265. The summed E-state index contributed by atoms with van der Waals surface area (Å²) in [6, 6.07) is 12.1. The van der Waals surface area contributed by atoms with Crippen LogP contribution in [0, 0.1) is 18.3 Å². The fourth-order valence-corrected chi connectivity index (χ4v) is 3.99. The standard InChI is InChI=1S/C23H29N5O2/c1-15-19(8-9-20(26-15)28-13-23(2,3)14-28)27-18-6-4-16(5-7-18)11-25-22(30)17-10-21(29)24-12-17/h4-9,17,27H,10-14H2,1-3H3,(H,24,29)(H,25,30). The number of hydrogen-bond acceptors (Lipinski definition) is 5. The van der Waals surface area contributed by atoms with Crippen LogP contribution >= 0.6 is 0 Å².